The molecule has 1 heteroatoms. The average Bonchev–Trinajstić information content (AvgIpc) is 2.00. The third kappa shape index (κ3) is 4.77. The van der Waals surface area contributed by atoms with Crippen molar-refractivity contribution in [2.75, 3.05) is 0 Å². The molecule has 0 aromatic heterocycles. The summed E-state index contributed by atoms with van der Waals surface area (Å²) in [5.74, 6) is 0.570. The minimum absolute atomic E-state index is 0.570. The van der Waals surface area contributed by atoms with Gasteiger partial charge in [-0.3, -0.25) is 4.79 Å². The van der Waals surface area contributed by atoms with Crippen molar-refractivity contribution in [3.05, 3.63) is 11.6 Å². The van der Waals surface area contributed by atoms with E-state index in [0.29, 0.717) is 5.92 Å². The van der Waals surface area contributed by atoms with Crippen LogP contribution in [0.1, 0.15) is 40.0 Å². The largest absolute Gasteiger partial charge is 0.299 e. The maximum Gasteiger partial charge on any atom is 0.142 e. The summed E-state index contributed by atoms with van der Waals surface area (Å²) in [5.41, 5.74) is 1.20. The Morgan fingerprint density at radius 1 is 1.55 bits per heavy atom. The molecule has 1 nitrogen and oxygen atoms in total. The van der Waals surface area contributed by atoms with Crippen molar-refractivity contribution in [2.45, 2.75) is 40.0 Å². The summed E-state index contributed by atoms with van der Waals surface area (Å²) in [6.45, 7) is 6.38. The zero-order chi connectivity index (χ0) is 8.69. The molecule has 0 saturated heterocycles. The second-order valence-electron chi connectivity index (χ2n) is 3.09. The van der Waals surface area contributed by atoms with Gasteiger partial charge in [0.15, 0.2) is 0 Å². The van der Waals surface area contributed by atoms with Gasteiger partial charge in [0.05, 0.1) is 0 Å². The van der Waals surface area contributed by atoms with Gasteiger partial charge in [-0.2, -0.15) is 0 Å². The van der Waals surface area contributed by atoms with Gasteiger partial charge in [-0.1, -0.05) is 32.3 Å². The number of hydrogen-bond acceptors (Lipinski definition) is 1. The Morgan fingerprint density at radius 3 is 2.64 bits per heavy atom. The average molecular weight is 154 g/mol. The van der Waals surface area contributed by atoms with Gasteiger partial charge in [0, 0.05) is 0 Å². The molecule has 0 aliphatic carbocycles. The molecule has 64 valence electrons. The first-order chi connectivity index (χ1) is 5.22. The maximum atomic E-state index is 10.1. The first kappa shape index (κ1) is 10.4. The number of aldehydes is 1. The van der Waals surface area contributed by atoms with Crippen LogP contribution < -0.4 is 0 Å². The molecule has 0 bridgehead atoms. The lowest BCUT2D eigenvalue weighted by Crippen LogP contribution is -1.96. The van der Waals surface area contributed by atoms with Gasteiger partial charge in [0.1, 0.15) is 6.29 Å². The third-order valence-corrected chi connectivity index (χ3v) is 2.10. The highest BCUT2D eigenvalue weighted by molar-refractivity contribution is 5.66. The first-order valence-corrected chi connectivity index (χ1v) is 4.34. The van der Waals surface area contributed by atoms with Gasteiger partial charge in [0.25, 0.3) is 0 Å². The lowest BCUT2D eigenvalue weighted by atomic mass is 9.96. The van der Waals surface area contributed by atoms with Gasteiger partial charge < -0.3 is 0 Å². The SMILES string of the molecule is CCCCC(C)C(C)=CC=O. The second kappa shape index (κ2) is 6.14. The molecule has 0 radical (unpaired) electrons. The maximum absolute atomic E-state index is 10.1. The molecule has 0 aliphatic rings. The fourth-order valence-corrected chi connectivity index (χ4v) is 1.01. The first-order valence-electron chi connectivity index (χ1n) is 4.34. The van der Waals surface area contributed by atoms with Gasteiger partial charge in [0.2, 0.25) is 0 Å². The van der Waals surface area contributed by atoms with Crippen molar-refractivity contribution in [2.24, 2.45) is 5.92 Å². The Kier molecular flexibility index (Phi) is 5.81. The number of allylic oxidation sites excluding steroid dienone is 2. The lowest BCUT2D eigenvalue weighted by Gasteiger charge is -2.09. The summed E-state index contributed by atoms with van der Waals surface area (Å²) < 4.78 is 0. The molecule has 0 saturated carbocycles. The zero-order valence-electron chi connectivity index (χ0n) is 7.76. The number of carbonyl (C=O) groups is 1. The molecule has 0 rings (SSSR count). The fraction of sp³-hybridized carbons (Fsp3) is 0.700. The standard InChI is InChI=1S/C10H18O/c1-4-5-6-9(2)10(3)7-8-11/h7-9H,4-6H2,1-3H3. The molecule has 0 aromatic carbocycles. The van der Waals surface area contributed by atoms with Crippen LogP contribution in [0.4, 0.5) is 0 Å². The molecular weight excluding hydrogens is 136 g/mol. The van der Waals surface area contributed by atoms with Crippen LogP contribution in [0.25, 0.3) is 0 Å². The van der Waals surface area contributed by atoms with E-state index in [-0.39, 0.29) is 0 Å². The number of carbonyl (C=O) groups excluding carboxylic acids is 1. The van der Waals surface area contributed by atoms with Crippen molar-refractivity contribution in [1.82, 2.24) is 0 Å². The van der Waals surface area contributed by atoms with Crippen LogP contribution in [0.3, 0.4) is 0 Å². The highest BCUT2D eigenvalue weighted by Crippen LogP contribution is 2.15. The highest BCUT2D eigenvalue weighted by atomic mass is 16.1. The van der Waals surface area contributed by atoms with Crippen LogP contribution >= 0.6 is 0 Å². The van der Waals surface area contributed by atoms with E-state index in [4.69, 9.17) is 0 Å². The summed E-state index contributed by atoms with van der Waals surface area (Å²) in [7, 11) is 0. The third-order valence-electron chi connectivity index (χ3n) is 2.10. The van der Waals surface area contributed by atoms with E-state index in [0.717, 1.165) is 6.29 Å². The quantitative estimate of drug-likeness (QED) is 0.439. The Balaban J connectivity index is 3.72. The van der Waals surface area contributed by atoms with Crippen molar-refractivity contribution in [3.63, 3.8) is 0 Å². The van der Waals surface area contributed by atoms with E-state index < -0.39 is 0 Å². The number of rotatable bonds is 5. The molecule has 1 atom stereocenters. The highest BCUT2D eigenvalue weighted by Gasteiger charge is 2.01. The zero-order valence-corrected chi connectivity index (χ0v) is 7.76. The molecular formula is C10H18O. The van der Waals surface area contributed by atoms with Crippen LogP contribution in [-0.2, 0) is 4.79 Å². The Hall–Kier alpha value is -0.590. The smallest absolute Gasteiger partial charge is 0.142 e. The Morgan fingerprint density at radius 2 is 2.18 bits per heavy atom. The topological polar surface area (TPSA) is 17.1 Å². The van der Waals surface area contributed by atoms with Crippen molar-refractivity contribution >= 4 is 6.29 Å². The minimum Gasteiger partial charge on any atom is -0.299 e. The van der Waals surface area contributed by atoms with E-state index in [1.165, 1.54) is 24.8 Å². The summed E-state index contributed by atoms with van der Waals surface area (Å²) in [6, 6.07) is 0. The van der Waals surface area contributed by atoms with E-state index >= 15 is 0 Å². The molecule has 1 unspecified atom stereocenters. The van der Waals surface area contributed by atoms with Crippen molar-refractivity contribution in [3.8, 4) is 0 Å². The number of hydrogen-bond donors (Lipinski definition) is 0. The Bertz CT molecular complexity index is 136. The van der Waals surface area contributed by atoms with Crippen LogP contribution in [0.15, 0.2) is 11.6 Å². The van der Waals surface area contributed by atoms with Gasteiger partial charge in [-0.05, 0) is 25.3 Å². The summed E-state index contributed by atoms with van der Waals surface area (Å²) in [4.78, 5) is 10.1. The van der Waals surface area contributed by atoms with E-state index in [9.17, 15) is 4.79 Å². The predicted octanol–water partition coefficient (Wildman–Crippen LogP) is 2.96. The van der Waals surface area contributed by atoms with E-state index in [1.807, 2.05) is 6.92 Å². The summed E-state index contributed by atoms with van der Waals surface area (Å²) in [5, 5.41) is 0. The van der Waals surface area contributed by atoms with E-state index in [2.05, 4.69) is 13.8 Å². The molecule has 0 fully saturated rings. The van der Waals surface area contributed by atoms with Gasteiger partial charge >= 0.3 is 0 Å². The summed E-state index contributed by atoms with van der Waals surface area (Å²) in [6.07, 6.45) is 6.23. The number of unbranched alkanes of at least 4 members (excludes halogenated alkanes) is 1. The fourth-order valence-electron chi connectivity index (χ4n) is 1.01. The van der Waals surface area contributed by atoms with Gasteiger partial charge in [-0.25, -0.2) is 0 Å². The lowest BCUT2D eigenvalue weighted by molar-refractivity contribution is -0.104. The van der Waals surface area contributed by atoms with Crippen LogP contribution in [0.5, 0.6) is 0 Å². The van der Waals surface area contributed by atoms with Crippen LogP contribution in [0, 0.1) is 5.92 Å². The van der Waals surface area contributed by atoms with Crippen molar-refractivity contribution in [1.29, 1.82) is 0 Å². The molecule has 0 amide bonds. The second-order valence-corrected chi connectivity index (χ2v) is 3.09. The molecule has 0 N–H and O–H groups in total. The molecule has 0 heterocycles. The monoisotopic (exact) mass is 154 g/mol. The van der Waals surface area contributed by atoms with Crippen LogP contribution in [0.2, 0.25) is 0 Å². The minimum atomic E-state index is 0.570. The normalized spacial score (nSPS) is 14.6. The van der Waals surface area contributed by atoms with Gasteiger partial charge in [-0.15, -0.1) is 0 Å². The Labute approximate surface area is 69.5 Å². The predicted molar refractivity (Wildman–Crippen MR) is 48.5 cm³/mol. The van der Waals surface area contributed by atoms with Crippen molar-refractivity contribution < 1.29 is 4.79 Å². The summed E-state index contributed by atoms with van der Waals surface area (Å²) >= 11 is 0. The molecule has 0 spiro atoms. The molecule has 0 aliphatic heterocycles. The van der Waals surface area contributed by atoms with Crippen LogP contribution in [-0.4, -0.2) is 6.29 Å². The molecule has 0 aromatic rings. The van der Waals surface area contributed by atoms with E-state index in [1.54, 1.807) is 6.08 Å². The molecule has 11 heavy (non-hydrogen) atoms.